The van der Waals surface area contributed by atoms with Crippen LogP contribution >= 0.6 is 0 Å². The van der Waals surface area contributed by atoms with Gasteiger partial charge in [0.25, 0.3) is 5.91 Å². The molecule has 26 heavy (non-hydrogen) atoms. The highest BCUT2D eigenvalue weighted by molar-refractivity contribution is 5.96. The van der Waals surface area contributed by atoms with Gasteiger partial charge in [-0.2, -0.15) is 0 Å². The summed E-state index contributed by atoms with van der Waals surface area (Å²) < 4.78 is 5.62. The van der Waals surface area contributed by atoms with Gasteiger partial charge in [-0.25, -0.2) is 0 Å². The quantitative estimate of drug-likeness (QED) is 0.755. The summed E-state index contributed by atoms with van der Waals surface area (Å²) in [6.07, 6.45) is 5.35. The lowest BCUT2D eigenvalue weighted by Gasteiger charge is -2.20. The number of nitrogens with one attached hydrogen (secondary N) is 1. The van der Waals surface area contributed by atoms with Crippen molar-refractivity contribution < 1.29 is 14.6 Å². The Morgan fingerprint density at radius 3 is 2.96 bits per heavy atom. The Morgan fingerprint density at radius 1 is 1.19 bits per heavy atom. The maximum atomic E-state index is 12.5. The lowest BCUT2D eigenvalue weighted by atomic mass is 9.93. The van der Waals surface area contributed by atoms with Crippen molar-refractivity contribution >= 4 is 16.8 Å². The van der Waals surface area contributed by atoms with Crippen LogP contribution in [0.4, 0.5) is 0 Å². The minimum absolute atomic E-state index is 0.109. The average molecular weight is 349 g/mol. The Hall–Kier alpha value is -2.99. The van der Waals surface area contributed by atoms with Gasteiger partial charge in [0.2, 0.25) is 0 Å². The first-order valence-electron chi connectivity index (χ1n) is 8.56. The number of pyridine rings is 2. The van der Waals surface area contributed by atoms with Crippen LogP contribution in [0.25, 0.3) is 10.9 Å². The summed E-state index contributed by atoms with van der Waals surface area (Å²) in [6.45, 7) is 1.05. The molecule has 0 aliphatic carbocycles. The zero-order chi connectivity index (χ0) is 17.9. The van der Waals surface area contributed by atoms with Gasteiger partial charge < -0.3 is 15.2 Å². The Labute approximate surface area is 150 Å². The molecule has 132 valence electrons. The average Bonchev–Trinajstić information content (AvgIpc) is 3.09. The zero-order valence-electron chi connectivity index (χ0n) is 14.1. The lowest BCUT2D eigenvalue weighted by molar-refractivity contribution is 0.0922. The van der Waals surface area contributed by atoms with Crippen molar-refractivity contribution in [2.24, 2.45) is 5.92 Å². The summed E-state index contributed by atoms with van der Waals surface area (Å²) in [5.74, 6) is -0.278. The number of hydrogen-bond acceptors (Lipinski definition) is 5. The van der Waals surface area contributed by atoms with Gasteiger partial charge in [0.15, 0.2) is 0 Å². The number of amides is 1. The molecule has 1 fully saturated rings. The molecule has 3 heterocycles. The van der Waals surface area contributed by atoms with Crippen molar-refractivity contribution in [2.75, 3.05) is 13.2 Å². The van der Waals surface area contributed by atoms with Gasteiger partial charge in [-0.15, -0.1) is 0 Å². The number of ether oxygens (including phenoxy) is 1. The normalized spacial score (nSPS) is 19.5. The molecule has 0 spiro atoms. The molecule has 4 rings (SSSR count). The SMILES string of the molecule is O=C(N[C@@H]1COC[C@H]1Cc1ccnc2ccccc12)c1ccncc1O. The van der Waals surface area contributed by atoms with E-state index in [4.69, 9.17) is 4.74 Å². The van der Waals surface area contributed by atoms with Crippen LogP contribution in [0.5, 0.6) is 5.75 Å². The second kappa shape index (κ2) is 7.09. The number of carbonyl (C=O) groups excluding carboxylic acids is 1. The second-order valence-corrected chi connectivity index (χ2v) is 6.46. The summed E-state index contributed by atoms with van der Waals surface area (Å²) >= 11 is 0. The maximum Gasteiger partial charge on any atom is 0.255 e. The number of aromatic nitrogens is 2. The largest absolute Gasteiger partial charge is 0.505 e. The molecule has 0 unspecified atom stereocenters. The summed E-state index contributed by atoms with van der Waals surface area (Å²) in [5, 5.41) is 13.9. The van der Waals surface area contributed by atoms with E-state index in [-0.39, 0.29) is 29.2 Å². The number of hydrogen-bond donors (Lipinski definition) is 2. The molecule has 3 aromatic rings. The number of fused-ring (bicyclic) bond motifs is 1. The van der Waals surface area contributed by atoms with Crippen molar-refractivity contribution in [2.45, 2.75) is 12.5 Å². The summed E-state index contributed by atoms with van der Waals surface area (Å²) in [5.41, 5.74) is 2.38. The number of rotatable bonds is 4. The monoisotopic (exact) mass is 349 g/mol. The Balaban J connectivity index is 1.52. The molecule has 2 atom stereocenters. The minimum Gasteiger partial charge on any atom is -0.505 e. The fraction of sp³-hybridized carbons (Fsp3) is 0.250. The molecule has 0 radical (unpaired) electrons. The summed E-state index contributed by atoms with van der Waals surface area (Å²) in [4.78, 5) is 20.7. The van der Waals surface area contributed by atoms with Gasteiger partial charge in [-0.1, -0.05) is 18.2 Å². The lowest BCUT2D eigenvalue weighted by Crippen LogP contribution is -2.40. The first-order valence-corrected chi connectivity index (χ1v) is 8.56. The van der Waals surface area contributed by atoms with E-state index in [1.807, 2.05) is 30.5 Å². The third-order valence-corrected chi connectivity index (χ3v) is 4.78. The van der Waals surface area contributed by atoms with Gasteiger partial charge in [0.05, 0.1) is 36.5 Å². The van der Waals surface area contributed by atoms with E-state index in [2.05, 4.69) is 21.4 Å². The van der Waals surface area contributed by atoms with Gasteiger partial charge >= 0.3 is 0 Å². The standard InChI is InChI=1S/C20H19N3O3/c24-19-10-21-7-6-16(19)20(25)23-18-12-26-11-14(18)9-13-5-8-22-17-4-2-1-3-15(13)17/h1-8,10,14,18,24H,9,11-12H2,(H,23,25)/t14-,18-/m1/s1. The van der Waals surface area contributed by atoms with Crippen LogP contribution in [-0.2, 0) is 11.2 Å². The van der Waals surface area contributed by atoms with Gasteiger partial charge in [0.1, 0.15) is 5.75 Å². The second-order valence-electron chi connectivity index (χ2n) is 6.46. The number of benzene rings is 1. The van der Waals surface area contributed by atoms with Crippen LogP contribution in [0.1, 0.15) is 15.9 Å². The molecule has 2 aromatic heterocycles. The molecule has 2 N–H and O–H groups in total. The zero-order valence-corrected chi connectivity index (χ0v) is 14.1. The van der Waals surface area contributed by atoms with E-state index in [9.17, 15) is 9.90 Å². The van der Waals surface area contributed by atoms with Crippen molar-refractivity contribution in [3.8, 4) is 5.75 Å². The fourth-order valence-corrected chi connectivity index (χ4v) is 3.40. The molecule has 1 amide bonds. The van der Waals surface area contributed by atoms with Crippen LogP contribution < -0.4 is 5.32 Å². The third kappa shape index (κ3) is 3.23. The molecule has 1 saturated heterocycles. The molecule has 0 saturated carbocycles. The predicted octanol–water partition coefficient (Wildman–Crippen LogP) is 2.32. The van der Waals surface area contributed by atoms with Gasteiger partial charge in [0, 0.05) is 23.7 Å². The van der Waals surface area contributed by atoms with E-state index < -0.39 is 0 Å². The highest BCUT2D eigenvalue weighted by Crippen LogP contribution is 2.24. The predicted molar refractivity (Wildman–Crippen MR) is 96.9 cm³/mol. The smallest absolute Gasteiger partial charge is 0.255 e. The third-order valence-electron chi connectivity index (χ3n) is 4.78. The number of nitrogens with zero attached hydrogens (tertiary/aromatic N) is 2. The Morgan fingerprint density at radius 2 is 2.08 bits per heavy atom. The van der Waals surface area contributed by atoms with Crippen LogP contribution in [-0.4, -0.2) is 40.2 Å². The molecular weight excluding hydrogens is 330 g/mol. The molecular formula is C20H19N3O3. The van der Waals surface area contributed by atoms with Crippen LogP contribution in [0.15, 0.2) is 55.0 Å². The maximum absolute atomic E-state index is 12.5. The highest BCUT2D eigenvalue weighted by atomic mass is 16.5. The molecule has 6 nitrogen and oxygen atoms in total. The van der Waals surface area contributed by atoms with Crippen LogP contribution in [0, 0.1) is 5.92 Å². The first kappa shape index (κ1) is 16.5. The number of carbonyl (C=O) groups is 1. The van der Waals surface area contributed by atoms with E-state index in [1.165, 1.54) is 24.0 Å². The molecule has 1 aliphatic heterocycles. The molecule has 1 aliphatic rings. The fourth-order valence-electron chi connectivity index (χ4n) is 3.40. The molecule has 1 aromatic carbocycles. The summed E-state index contributed by atoms with van der Waals surface area (Å²) in [6, 6.07) is 11.5. The highest BCUT2D eigenvalue weighted by Gasteiger charge is 2.30. The van der Waals surface area contributed by atoms with Gasteiger partial charge in [-0.3, -0.25) is 14.8 Å². The van der Waals surface area contributed by atoms with Crippen LogP contribution in [0.3, 0.4) is 0 Å². The van der Waals surface area contributed by atoms with E-state index in [1.54, 1.807) is 0 Å². The van der Waals surface area contributed by atoms with Crippen molar-refractivity contribution in [1.29, 1.82) is 0 Å². The van der Waals surface area contributed by atoms with Crippen molar-refractivity contribution in [3.63, 3.8) is 0 Å². The molecule has 0 bridgehead atoms. The number of para-hydroxylation sites is 1. The van der Waals surface area contributed by atoms with Crippen molar-refractivity contribution in [3.05, 3.63) is 66.1 Å². The summed E-state index contributed by atoms with van der Waals surface area (Å²) in [7, 11) is 0. The Bertz CT molecular complexity index is 939. The number of aromatic hydroxyl groups is 1. The molecule has 6 heteroatoms. The van der Waals surface area contributed by atoms with Crippen LogP contribution in [0.2, 0.25) is 0 Å². The Kier molecular flexibility index (Phi) is 4.50. The topological polar surface area (TPSA) is 84.3 Å². The van der Waals surface area contributed by atoms with Gasteiger partial charge in [-0.05, 0) is 30.2 Å². The van der Waals surface area contributed by atoms with E-state index >= 15 is 0 Å². The first-order chi connectivity index (χ1) is 12.7. The van der Waals surface area contributed by atoms with E-state index in [0.717, 1.165) is 17.3 Å². The minimum atomic E-state index is -0.315. The van der Waals surface area contributed by atoms with Crippen molar-refractivity contribution in [1.82, 2.24) is 15.3 Å². The van der Waals surface area contributed by atoms with E-state index in [0.29, 0.717) is 13.2 Å².